The number of benzene rings is 2. The summed E-state index contributed by atoms with van der Waals surface area (Å²) in [6.45, 7) is 5.58. The number of amides is 1. The first-order valence-corrected chi connectivity index (χ1v) is 9.18. The van der Waals surface area contributed by atoms with Crippen LogP contribution in [-0.4, -0.2) is 29.4 Å². The van der Waals surface area contributed by atoms with Crippen LogP contribution in [0.1, 0.15) is 28.5 Å². The SMILES string of the molecule is CCN(c1ccc(C(=O)N(C)Cc2ccccc2)nc1)c1cccc(C)c1. The van der Waals surface area contributed by atoms with Gasteiger partial charge in [-0.1, -0.05) is 42.5 Å². The number of carbonyl (C=O) groups excluding carboxylic acids is 1. The number of nitrogens with zero attached hydrogens (tertiary/aromatic N) is 3. The summed E-state index contributed by atoms with van der Waals surface area (Å²) in [7, 11) is 1.80. The van der Waals surface area contributed by atoms with Crippen LogP contribution in [0.15, 0.2) is 72.9 Å². The van der Waals surface area contributed by atoms with Crippen molar-refractivity contribution in [2.45, 2.75) is 20.4 Å². The number of aryl methyl sites for hydroxylation is 1. The summed E-state index contributed by atoms with van der Waals surface area (Å²) < 4.78 is 0. The Balaban J connectivity index is 1.74. The Kier molecular flexibility index (Phi) is 5.87. The van der Waals surface area contributed by atoms with E-state index in [4.69, 9.17) is 0 Å². The average molecular weight is 359 g/mol. The van der Waals surface area contributed by atoms with Gasteiger partial charge in [0.1, 0.15) is 5.69 Å². The highest BCUT2D eigenvalue weighted by Gasteiger charge is 2.15. The minimum atomic E-state index is -0.0796. The predicted molar refractivity (Wildman–Crippen MR) is 110 cm³/mol. The van der Waals surface area contributed by atoms with Gasteiger partial charge < -0.3 is 9.80 Å². The molecule has 0 aliphatic heterocycles. The molecular formula is C23H25N3O. The van der Waals surface area contributed by atoms with Gasteiger partial charge in [-0.15, -0.1) is 0 Å². The fraction of sp³-hybridized carbons (Fsp3) is 0.217. The highest BCUT2D eigenvalue weighted by Crippen LogP contribution is 2.25. The molecule has 0 atom stereocenters. The Bertz CT molecular complexity index is 891. The molecule has 0 spiro atoms. The first-order valence-electron chi connectivity index (χ1n) is 9.18. The summed E-state index contributed by atoms with van der Waals surface area (Å²) in [4.78, 5) is 21.0. The molecule has 1 aromatic heterocycles. The van der Waals surface area contributed by atoms with Gasteiger partial charge in [0.2, 0.25) is 0 Å². The zero-order valence-electron chi connectivity index (χ0n) is 16.1. The highest BCUT2D eigenvalue weighted by molar-refractivity contribution is 5.92. The molecule has 0 N–H and O–H groups in total. The van der Waals surface area contributed by atoms with E-state index < -0.39 is 0 Å². The molecule has 138 valence electrons. The van der Waals surface area contributed by atoms with Gasteiger partial charge in [0.15, 0.2) is 0 Å². The lowest BCUT2D eigenvalue weighted by atomic mass is 10.2. The second kappa shape index (κ2) is 8.49. The van der Waals surface area contributed by atoms with E-state index in [-0.39, 0.29) is 5.91 Å². The maximum Gasteiger partial charge on any atom is 0.272 e. The maximum absolute atomic E-state index is 12.7. The van der Waals surface area contributed by atoms with Gasteiger partial charge in [-0.3, -0.25) is 4.79 Å². The van der Waals surface area contributed by atoms with Crippen LogP contribution in [0, 0.1) is 6.92 Å². The molecule has 1 amide bonds. The van der Waals surface area contributed by atoms with E-state index in [1.165, 1.54) is 5.56 Å². The minimum Gasteiger partial charge on any atom is -0.341 e. The van der Waals surface area contributed by atoms with E-state index in [0.29, 0.717) is 12.2 Å². The van der Waals surface area contributed by atoms with Crippen LogP contribution in [-0.2, 0) is 6.54 Å². The number of pyridine rings is 1. The summed E-state index contributed by atoms with van der Waals surface area (Å²) in [5, 5.41) is 0. The van der Waals surface area contributed by atoms with Gasteiger partial charge in [0.25, 0.3) is 5.91 Å². The second-order valence-electron chi connectivity index (χ2n) is 6.63. The van der Waals surface area contributed by atoms with Crippen molar-refractivity contribution in [2.24, 2.45) is 0 Å². The van der Waals surface area contributed by atoms with Crippen molar-refractivity contribution < 1.29 is 4.79 Å². The summed E-state index contributed by atoms with van der Waals surface area (Å²) in [5.74, 6) is -0.0796. The molecule has 27 heavy (non-hydrogen) atoms. The molecule has 0 radical (unpaired) electrons. The van der Waals surface area contributed by atoms with E-state index >= 15 is 0 Å². The summed E-state index contributed by atoms with van der Waals surface area (Å²) >= 11 is 0. The Morgan fingerprint density at radius 3 is 2.37 bits per heavy atom. The van der Waals surface area contributed by atoms with Crippen molar-refractivity contribution in [3.05, 3.63) is 89.7 Å². The molecule has 0 bridgehead atoms. The van der Waals surface area contributed by atoms with Crippen LogP contribution in [0.3, 0.4) is 0 Å². The molecule has 3 aromatic rings. The smallest absolute Gasteiger partial charge is 0.272 e. The normalized spacial score (nSPS) is 10.5. The van der Waals surface area contributed by atoms with Gasteiger partial charge in [-0.25, -0.2) is 4.98 Å². The molecule has 0 saturated heterocycles. The van der Waals surface area contributed by atoms with Crippen molar-refractivity contribution in [1.29, 1.82) is 0 Å². The molecule has 4 heteroatoms. The molecular weight excluding hydrogens is 334 g/mol. The lowest BCUT2D eigenvalue weighted by Crippen LogP contribution is -2.27. The van der Waals surface area contributed by atoms with E-state index in [1.54, 1.807) is 24.2 Å². The highest BCUT2D eigenvalue weighted by atomic mass is 16.2. The zero-order valence-corrected chi connectivity index (χ0v) is 16.1. The van der Waals surface area contributed by atoms with Crippen LogP contribution in [0.5, 0.6) is 0 Å². The fourth-order valence-electron chi connectivity index (χ4n) is 3.11. The summed E-state index contributed by atoms with van der Waals surface area (Å²) in [6, 6.07) is 22.1. The van der Waals surface area contributed by atoms with Crippen LogP contribution < -0.4 is 4.90 Å². The van der Waals surface area contributed by atoms with Crippen molar-refractivity contribution >= 4 is 17.3 Å². The summed E-state index contributed by atoms with van der Waals surface area (Å²) in [6.07, 6.45) is 1.77. The van der Waals surface area contributed by atoms with Crippen LogP contribution in [0.2, 0.25) is 0 Å². The maximum atomic E-state index is 12.7. The van der Waals surface area contributed by atoms with E-state index in [1.807, 2.05) is 36.4 Å². The minimum absolute atomic E-state index is 0.0796. The molecule has 2 aromatic carbocycles. The third kappa shape index (κ3) is 4.53. The number of anilines is 2. The predicted octanol–water partition coefficient (Wildman–Crippen LogP) is 4.82. The lowest BCUT2D eigenvalue weighted by molar-refractivity contribution is 0.0779. The standard InChI is InChI=1S/C23H25N3O/c1-4-26(20-12-8-9-18(2)15-20)21-13-14-22(24-16-21)23(27)25(3)17-19-10-6-5-7-11-19/h5-16H,4,17H2,1-3H3. The van der Waals surface area contributed by atoms with Gasteiger partial charge >= 0.3 is 0 Å². The zero-order chi connectivity index (χ0) is 19.2. The number of aromatic nitrogens is 1. The Morgan fingerprint density at radius 2 is 1.74 bits per heavy atom. The molecule has 0 aliphatic rings. The van der Waals surface area contributed by atoms with Crippen molar-refractivity contribution in [2.75, 3.05) is 18.5 Å². The Morgan fingerprint density at radius 1 is 0.963 bits per heavy atom. The number of hydrogen-bond acceptors (Lipinski definition) is 3. The molecule has 0 unspecified atom stereocenters. The largest absolute Gasteiger partial charge is 0.341 e. The van der Waals surface area contributed by atoms with Crippen LogP contribution in [0.25, 0.3) is 0 Å². The molecule has 0 saturated carbocycles. The van der Waals surface area contributed by atoms with Crippen molar-refractivity contribution in [3.8, 4) is 0 Å². The molecule has 0 fully saturated rings. The monoisotopic (exact) mass is 359 g/mol. The van der Waals surface area contributed by atoms with E-state index in [2.05, 4.69) is 48.0 Å². The molecule has 4 nitrogen and oxygen atoms in total. The van der Waals surface area contributed by atoms with Gasteiger partial charge in [-0.05, 0) is 49.2 Å². The van der Waals surface area contributed by atoms with E-state index in [9.17, 15) is 4.79 Å². The second-order valence-corrected chi connectivity index (χ2v) is 6.63. The third-order valence-electron chi connectivity index (χ3n) is 4.52. The molecule has 0 aliphatic carbocycles. The quantitative estimate of drug-likeness (QED) is 0.633. The van der Waals surface area contributed by atoms with Crippen LogP contribution in [0.4, 0.5) is 11.4 Å². The summed E-state index contributed by atoms with van der Waals surface area (Å²) in [5.41, 5.74) is 4.87. The number of hydrogen-bond donors (Lipinski definition) is 0. The van der Waals surface area contributed by atoms with Crippen molar-refractivity contribution in [1.82, 2.24) is 9.88 Å². The fourth-order valence-corrected chi connectivity index (χ4v) is 3.11. The number of carbonyl (C=O) groups is 1. The van der Waals surface area contributed by atoms with Gasteiger partial charge in [0.05, 0.1) is 11.9 Å². The molecule has 3 rings (SSSR count). The van der Waals surface area contributed by atoms with Gasteiger partial charge in [0, 0.05) is 25.8 Å². The Labute approximate surface area is 161 Å². The van der Waals surface area contributed by atoms with E-state index in [0.717, 1.165) is 23.5 Å². The Hall–Kier alpha value is -3.14. The first-order chi connectivity index (χ1) is 13.1. The van der Waals surface area contributed by atoms with Crippen LogP contribution >= 0.6 is 0 Å². The van der Waals surface area contributed by atoms with Gasteiger partial charge in [-0.2, -0.15) is 0 Å². The topological polar surface area (TPSA) is 36.4 Å². The molecule has 1 heterocycles. The average Bonchev–Trinajstić information content (AvgIpc) is 2.69. The van der Waals surface area contributed by atoms with Crippen molar-refractivity contribution in [3.63, 3.8) is 0 Å². The lowest BCUT2D eigenvalue weighted by Gasteiger charge is -2.24. The third-order valence-corrected chi connectivity index (χ3v) is 4.52. The number of rotatable bonds is 6. The first kappa shape index (κ1) is 18.6.